The molecule has 0 aliphatic rings. The molecule has 0 heterocycles. The van der Waals surface area contributed by atoms with Crippen molar-refractivity contribution >= 4 is 18.9 Å². The van der Waals surface area contributed by atoms with Gasteiger partial charge >= 0.3 is 58.2 Å². The van der Waals surface area contributed by atoms with Gasteiger partial charge in [0.15, 0.2) is 0 Å². The van der Waals surface area contributed by atoms with Crippen LogP contribution in [0.4, 0.5) is 0 Å². The number of hydrogen-bond acceptors (Lipinski definition) is 2. The van der Waals surface area contributed by atoms with Crippen LogP contribution >= 0.6 is 0 Å². The zero-order valence-corrected chi connectivity index (χ0v) is 7.05. The van der Waals surface area contributed by atoms with Crippen LogP contribution in [-0.2, 0) is 55.8 Å². The molecule has 0 aromatic heterocycles. The molecule has 0 saturated carbocycles. The second-order valence-electron chi connectivity index (χ2n) is 0. The average Bonchev–Trinajstić information content (AvgIpc) is 1.50. The SMILES string of the molecule is [H-].[Li+].[Li].[Ni].[O]=[Co].[O]=[Mn]. The molecule has 0 amide bonds. The van der Waals surface area contributed by atoms with Crippen molar-refractivity contribution in [2.24, 2.45) is 0 Å². The summed E-state index contributed by atoms with van der Waals surface area (Å²) in [7, 11) is 0. The van der Waals surface area contributed by atoms with Crippen LogP contribution in [0, 0.1) is 0 Å². The molecular formula is HCoLi2MnNiO2. The van der Waals surface area contributed by atoms with Gasteiger partial charge in [-0.05, 0) is 0 Å². The Labute approximate surface area is 93.9 Å². The van der Waals surface area contributed by atoms with Gasteiger partial charge in [-0.3, -0.25) is 0 Å². The standard InChI is InChI=1S/Co.2Li.Mn.Ni.2O.H/q;;+1;;;;;-1. The summed E-state index contributed by atoms with van der Waals surface area (Å²) < 4.78 is 16.0. The van der Waals surface area contributed by atoms with Crippen LogP contribution in [0.5, 0.6) is 0 Å². The molecule has 0 spiro atoms. The molecule has 0 fully saturated rings. The second-order valence-corrected chi connectivity index (χ2v) is 0. The van der Waals surface area contributed by atoms with E-state index < -0.39 is 0 Å². The van der Waals surface area contributed by atoms with Gasteiger partial charge in [-0.25, -0.2) is 0 Å². The second kappa shape index (κ2) is 83.0. The molecule has 0 saturated heterocycles. The summed E-state index contributed by atoms with van der Waals surface area (Å²) in [5.74, 6) is 0. The van der Waals surface area contributed by atoms with Gasteiger partial charge in [-0.2, -0.15) is 0 Å². The van der Waals surface area contributed by atoms with E-state index in [0.717, 1.165) is 0 Å². The van der Waals surface area contributed by atoms with Crippen molar-refractivity contribution in [3.8, 4) is 0 Å². The molecular weight excluding hydrogens is 218 g/mol. The Balaban J connectivity index is -0.00000000167. The zero-order chi connectivity index (χ0) is 4.00. The first-order valence-electron chi connectivity index (χ1n) is 0.290. The minimum absolute atomic E-state index is 0. The fourth-order valence-electron chi connectivity index (χ4n) is 0. The molecule has 0 aliphatic heterocycles. The quantitative estimate of drug-likeness (QED) is 0.396. The van der Waals surface area contributed by atoms with E-state index in [1.165, 1.54) is 0 Å². The molecule has 1 radical (unpaired) electrons. The summed E-state index contributed by atoms with van der Waals surface area (Å²) in [6, 6.07) is 0. The summed E-state index contributed by atoms with van der Waals surface area (Å²) in [5, 5.41) is 0. The molecule has 0 rings (SSSR count). The molecule has 0 bridgehead atoms. The Kier molecular flexibility index (Phi) is 410. The first-order valence-corrected chi connectivity index (χ1v) is 1.20. The molecule has 0 unspecified atom stereocenters. The van der Waals surface area contributed by atoms with Gasteiger partial charge in [0.1, 0.15) is 0 Å². The number of rotatable bonds is 0. The van der Waals surface area contributed by atoms with Gasteiger partial charge in [0.05, 0.1) is 0 Å². The summed E-state index contributed by atoms with van der Waals surface area (Å²) in [6.45, 7) is 0. The summed E-state index contributed by atoms with van der Waals surface area (Å²) in [6.07, 6.45) is 0. The molecule has 0 aromatic carbocycles. The van der Waals surface area contributed by atoms with Crippen molar-refractivity contribution in [2.75, 3.05) is 0 Å². The first kappa shape index (κ1) is 34.6. The Morgan fingerprint density at radius 3 is 1.29 bits per heavy atom. The van der Waals surface area contributed by atoms with E-state index in [4.69, 9.17) is 7.70 Å². The molecule has 0 aromatic rings. The van der Waals surface area contributed by atoms with Crippen LogP contribution < -0.4 is 18.9 Å². The van der Waals surface area contributed by atoms with Gasteiger partial charge in [-0.1, -0.05) is 0 Å². The van der Waals surface area contributed by atoms with Crippen molar-refractivity contribution in [1.82, 2.24) is 0 Å². The maximum atomic E-state index is 8.06. The molecule has 2 nitrogen and oxygen atoms in total. The van der Waals surface area contributed by atoms with Crippen molar-refractivity contribution in [1.29, 1.82) is 0 Å². The predicted octanol–water partition coefficient (Wildman–Crippen LogP) is -3.51. The van der Waals surface area contributed by atoms with E-state index in [1.54, 1.807) is 15.9 Å². The summed E-state index contributed by atoms with van der Waals surface area (Å²) in [5.41, 5.74) is 0. The molecule has 0 aliphatic carbocycles. The fraction of sp³-hybridized carbons (Fsp3) is 0. The number of hydrogen-bond donors (Lipinski definition) is 0. The summed E-state index contributed by atoms with van der Waals surface area (Å²) in [4.78, 5) is 0. The summed E-state index contributed by atoms with van der Waals surface area (Å²) >= 11 is 4.00. The third-order valence-corrected chi connectivity index (χ3v) is 0. The van der Waals surface area contributed by atoms with E-state index >= 15 is 0 Å². The zero-order valence-electron chi connectivity index (χ0n) is 4.84. The topological polar surface area (TPSA) is 34.1 Å². The predicted molar refractivity (Wildman–Crippen MR) is 8.24 cm³/mol. The van der Waals surface area contributed by atoms with Gasteiger partial charge in [-0.15, -0.1) is 0 Å². The van der Waals surface area contributed by atoms with Gasteiger partial charge in [0.25, 0.3) is 0 Å². The van der Waals surface area contributed by atoms with E-state index in [-0.39, 0.29) is 55.6 Å². The average molecular weight is 219 g/mol. The third-order valence-electron chi connectivity index (χ3n) is 0. The van der Waals surface area contributed by atoms with Crippen LogP contribution in [0.1, 0.15) is 1.43 Å². The monoisotopic (exact) mass is 219 g/mol. The van der Waals surface area contributed by atoms with E-state index in [1.807, 2.05) is 0 Å². The van der Waals surface area contributed by atoms with Crippen molar-refractivity contribution in [3.63, 3.8) is 0 Å². The molecule has 0 N–H and O–H groups in total. The Bertz CT molecular complexity index is 22.0. The molecule has 7 heavy (non-hydrogen) atoms. The Morgan fingerprint density at radius 1 is 1.29 bits per heavy atom. The Morgan fingerprint density at radius 2 is 1.29 bits per heavy atom. The van der Waals surface area contributed by atoms with E-state index in [0.29, 0.717) is 0 Å². The maximum absolute atomic E-state index is 8.06. The van der Waals surface area contributed by atoms with Crippen molar-refractivity contribution < 1.29 is 76.1 Å². The van der Waals surface area contributed by atoms with Crippen LogP contribution in [0.25, 0.3) is 0 Å². The van der Waals surface area contributed by atoms with E-state index in [9.17, 15) is 0 Å². The normalized spacial score (nSPS) is 1.29. The molecule has 7 heteroatoms. The first-order chi connectivity index (χ1) is 2.00. The fourth-order valence-corrected chi connectivity index (χ4v) is 0. The third kappa shape index (κ3) is 61.9. The van der Waals surface area contributed by atoms with Crippen LogP contribution in [0.3, 0.4) is 0 Å². The van der Waals surface area contributed by atoms with Gasteiger partial charge in [0.2, 0.25) is 0 Å². The van der Waals surface area contributed by atoms with E-state index in [2.05, 4.69) is 15.7 Å². The van der Waals surface area contributed by atoms with Crippen LogP contribution in [0.2, 0.25) is 0 Å². The van der Waals surface area contributed by atoms with Crippen molar-refractivity contribution in [2.45, 2.75) is 0 Å². The molecule has 41 valence electrons. The Hall–Kier alpha value is 2.31. The molecule has 0 atom stereocenters. The van der Waals surface area contributed by atoms with Crippen molar-refractivity contribution in [3.05, 3.63) is 0 Å². The van der Waals surface area contributed by atoms with Crippen LogP contribution in [-0.4, -0.2) is 18.9 Å². The van der Waals surface area contributed by atoms with Gasteiger partial charge in [0, 0.05) is 35.4 Å². The van der Waals surface area contributed by atoms with Crippen LogP contribution in [0.15, 0.2) is 0 Å². The minimum atomic E-state index is 0. The van der Waals surface area contributed by atoms with Gasteiger partial charge < -0.3 is 1.43 Å².